The molecule has 2 aliphatic rings. The molecule has 3 rings (SSSR count). The van der Waals surface area contributed by atoms with Crippen molar-refractivity contribution in [1.29, 1.82) is 0 Å². The van der Waals surface area contributed by atoms with Crippen LogP contribution in [0.1, 0.15) is 82.6 Å². The van der Waals surface area contributed by atoms with E-state index in [4.69, 9.17) is 0 Å². The molecular formula is C21H30F2O. The molecule has 0 heterocycles. The highest BCUT2D eigenvalue weighted by molar-refractivity contribution is 5.32. The first-order valence-electron chi connectivity index (χ1n) is 9.76. The highest BCUT2D eigenvalue weighted by Crippen LogP contribution is 2.44. The molecule has 1 aromatic rings. The molecule has 0 atom stereocenters. The van der Waals surface area contributed by atoms with Crippen LogP contribution < -0.4 is 0 Å². The SMILES string of the molecule is CCC[C@H]1CC[C@H]([C@H]2CC[C@H](c3cc(F)c(O)c(F)c3)CC2)CC1. The van der Waals surface area contributed by atoms with Crippen molar-refractivity contribution in [1.82, 2.24) is 0 Å². The molecule has 0 spiro atoms. The fraction of sp³-hybridized carbons (Fsp3) is 0.714. The highest BCUT2D eigenvalue weighted by Gasteiger charge is 2.31. The largest absolute Gasteiger partial charge is 0.503 e. The van der Waals surface area contributed by atoms with Gasteiger partial charge in [-0.15, -0.1) is 0 Å². The molecule has 0 aromatic heterocycles. The second kappa shape index (κ2) is 7.84. The lowest BCUT2D eigenvalue weighted by atomic mass is 9.68. The van der Waals surface area contributed by atoms with Crippen LogP contribution in [0.25, 0.3) is 0 Å². The first kappa shape index (κ1) is 17.7. The smallest absolute Gasteiger partial charge is 0.187 e. The standard InChI is InChI=1S/C21H30F2O/c1-2-3-14-4-6-15(7-5-14)16-8-10-17(11-9-16)18-12-19(22)21(24)20(23)13-18/h12-17,24H,2-11H2,1H3/t14-,15-,16-,17-. The summed E-state index contributed by atoms with van der Waals surface area (Å²) in [5.41, 5.74) is 0.716. The van der Waals surface area contributed by atoms with Crippen molar-refractivity contribution in [3.05, 3.63) is 29.3 Å². The first-order valence-corrected chi connectivity index (χ1v) is 9.76. The number of halogens is 2. The summed E-state index contributed by atoms with van der Waals surface area (Å²) in [6, 6.07) is 2.64. The third-order valence-electron chi connectivity index (χ3n) is 6.54. The van der Waals surface area contributed by atoms with Gasteiger partial charge in [0.2, 0.25) is 0 Å². The Bertz CT molecular complexity index is 518. The minimum Gasteiger partial charge on any atom is -0.503 e. The zero-order valence-electron chi connectivity index (χ0n) is 14.7. The van der Waals surface area contributed by atoms with Crippen LogP contribution in [0.15, 0.2) is 12.1 Å². The Morgan fingerprint density at radius 3 is 1.88 bits per heavy atom. The summed E-state index contributed by atoms with van der Waals surface area (Å²) in [6.07, 6.45) is 12.6. The van der Waals surface area contributed by atoms with Crippen LogP contribution in [-0.4, -0.2) is 5.11 Å². The zero-order chi connectivity index (χ0) is 17.1. The average Bonchev–Trinajstić information content (AvgIpc) is 2.60. The second-order valence-corrected chi connectivity index (χ2v) is 8.01. The second-order valence-electron chi connectivity index (χ2n) is 8.01. The number of rotatable bonds is 4. The fourth-order valence-corrected chi connectivity index (χ4v) is 5.10. The minimum absolute atomic E-state index is 0.238. The molecule has 1 aromatic carbocycles. The number of hydrogen-bond donors (Lipinski definition) is 1. The van der Waals surface area contributed by atoms with E-state index in [1.807, 2.05) is 0 Å². The molecule has 2 aliphatic carbocycles. The molecular weight excluding hydrogens is 306 g/mol. The van der Waals surface area contributed by atoms with Crippen LogP contribution in [0.5, 0.6) is 5.75 Å². The molecule has 1 nitrogen and oxygen atoms in total. The molecule has 0 unspecified atom stereocenters. The Hall–Kier alpha value is -1.12. The maximum atomic E-state index is 13.6. The lowest BCUT2D eigenvalue weighted by Crippen LogP contribution is -2.25. The van der Waals surface area contributed by atoms with Crippen LogP contribution in [0.4, 0.5) is 8.78 Å². The van der Waals surface area contributed by atoms with Gasteiger partial charge in [0.15, 0.2) is 17.4 Å². The maximum absolute atomic E-state index is 13.6. The quantitative estimate of drug-likeness (QED) is 0.661. The Morgan fingerprint density at radius 2 is 1.38 bits per heavy atom. The van der Waals surface area contributed by atoms with Crippen molar-refractivity contribution in [3.8, 4) is 5.75 Å². The van der Waals surface area contributed by atoms with Crippen LogP contribution in [0.3, 0.4) is 0 Å². The molecule has 3 heteroatoms. The van der Waals surface area contributed by atoms with Crippen molar-refractivity contribution in [3.63, 3.8) is 0 Å². The Morgan fingerprint density at radius 1 is 0.875 bits per heavy atom. The molecule has 0 bridgehead atoms. The lowest BCUT2D eigenvalue weighted by Gasteiger charge is -2.38. The predicted octanol–water partition coefficient (Wildman–Crippen LogP) is 6.55. The molecule has 0 amide bonds. The third-order valence-corrected chi connectivity index (χ3v) is 6.54. The summed E-state index contributed by atoms with van der Waals surface area (Å²) in [7, 11) is 0. The van der Waals surface area contributed by atoms with E-state index in [-0.39, 0.29) is 5.92 Å². The Kier molecular flexibility index (Phi) is 5.78. The van der Waals surface area contributed by atoms with Gasteiger partial charge in [-0.05, 0) is 79.9 Å². The maximum Gasteiger partial charge on any atom is 0.187 e. The Balaban J connectivity index is 1.53. The number of benzene rings is 1. The van der Waals surface area contributed by atoms with Gasteiger partial charge in [-0.1, -0.05) is 32.6 Å². The van der Waals surface area contributed by atoms with Crippen molar-refractivity contribution in [2.45, 2.75) is 77.0 Å². The van der Waals surface area contributed by atoms with Gasteiger partial charge in [0.05, 0.1) is 0 Å². The number of aromatic hydroxyl groups is 1. The normalized spacial score (nSPS) is 31.1. The van der Waals surface area contributed by atoms with Gasteiger partial charge in [0.1, 0.15) is 0 Å². The zero-order valence-corrected chi connectivity index (χ0v) is 14.7. The molecule has 2 saturated carbocycles. The summed E-state index contributed by atoms with van der Waals surface area (Å²) in [6.45, 7) is 2.28. The van der Waals surface area contributed by atoms with Crippen molar-refractivity contribution in [2.24, 2.45) is 17.8 Å². The topological polar surface area (TPSA) is 20.2 Å². The van der Waals surface area contributed by atoms with Gasteiger partial charge in [0, 0.05) is 0 Å². The predicted molar refractivity (Wildman–Crippen MR) is 93.1 cm³/mol. The van der Waals surface area contributed by atoms with Crippen LogP contribution in [0, 0.1) is 29.4 Å². The fourth-order valence-electron chi connectivity index (χ4n) is 5.10. The van der Waals surface area contributed by atoms with Crippen molar-refractivity contribution in [2.75, 3.05) is 0 Å². The summed E-state index contributed by atoms with van der Waals surface area (Å²) >= 11 is 0. The number of hydrogen-bond acceptors (Lipinski definition) is 1. The van der Waals surface area contributed by atoms with E-state index in [1.54, 1.807) is 0 Å². The lowest BCUT2D eigenvalue weighted by molar-refractivity contribution is 0.156. The van der Waals surface area contributed by atoms with Gasteiger partial charge in [-0.3, -0.25) is 0 Å². The van der Waals surface area contributed by atoms with Gasteiger partial charge in [0.25, 0.3) is 0 Å². The average molecular weight is 336 g/mol. The molecule has 134 valence electrons. The van der Waals surface area contributed by atoms with E-state index in [9.17, 15) is 13.9 Å². The van der Waals surface area contributed by atoms with Gasteiger partial charge >= 0.3 is 0 Å². The van der Waals surface area contributed by atoms with E-state index >= 15 is 0 Å². The molecule has 2 fully saturated rings. The Labute approximate surface area is 144 Å². The van der Waals surface area contributed by atoms with Crippen molar-refractivity contribution < 1.29 is 13.9 Å². The summed E-state index contributed by atoms with van der Waals surface area (Å²) in [5.74, 6) is 0.342. The van der Waals surface area contributed by atoms with Crippen molar-refractivity contribution >= 4 is 0 Å². The van der Waals surface area contributed by atoms with Crippen LogP contribution >= 0.6 is 0 Å². The first-order chi connectivity index (χ1) is 11.6. The van der Waals surface area contributed by atoms with E-state index in [0.29, 0.717) is 5.56 Å². The molecule has 24 heavy (non-hydrogen) atoms. The van der Waals surface area contributed by atoms with E-state index in [0.717, 1.165) is 30.6 Å². The van der Waals surface area contributed by atoms with Gasteiger partial charge in [-0.25, -0.2) is 8.78 Å². The summed E-state index contributed by atoms with van der Waals surface area (Å²) < 4.78 is 27.1. The van der Waals surface area contributed by atoms with Gasteiger partial charge < -0.3 is 5.11 Å². The van der Waals surface area contributed by atoms with Crippen LogP contribution in [0.2, 0.25) is 0 Å². The number of phenolic OH excluding ortho intramolecular Hbond substituents is 1. The number of phenols is 1. The van der Waals surface area contributed by atoms with E-state index in [2.05, 4.69) is 6.92 Å². The monoisotopic (exact) mass is 336 g/mol. The summed E-state index contributed by atoms with van der Waals surface area (Å²) in [4.78, 5) is 0. The molecule has 0 radical (unpaired) electrons. The molecule has 0 aliphatic heterocycles. The molecule has 1 N–H and O–H groups in total. The van der Waals surface area contributed by atoms with Crippen LogP contribution in [-0.2, 0) is 0 Å². The highest BCUT2D eigenvalue weighted by atomic mass is 19.1. The van der Waals surface area contributed by atoms with E-state index in [1.165, 1.54) is 63.5 Å². The summed E-state index contributed by atoms with van der Waals surface area (Å²) in [5, 5.41) is 9.25. The van der Waals surface area contributed by atoms with E-state index < -0.39 is 17.4 Å². The minimum atomic E-state index is -0.851. The molecule has 0 saturated heterocycles. The van der Waals surface area contributed by atoms with Gasteiger partial charge in [-0.2, -0.15) is 0 Å². The third kappa shape index (κ3) is 3.92.